The molecule has 1 saturated heterocycles. The van der Waals surface area contributed by atoms with Crippen LogP contribution in [0.25, 0.3) is 22.4 Å². The lowest BCUT2D eigenvalue weighted by molar-refractivity contribution is 0.0894. The molecule has 1 aliphatic rings. The molecule has 0 aromatic carbocycles. The van der Waals surface area contributed by atoms with Crippen LogP contribution in [0.2, 0.25) is 5.02 Å². The van der Waals surface area contributed by atoms with Crippen molar-refractivity contribution >= 4 is 45.6 Å². The van der Waals surface area contributed by atoms with Gasteiger partial charge in [0.1, 0.15) is 5.65 Å². The van der Waals surface area contributed by atoms with Gasteiger partial charge in [0.25, 0.3) is 0 Å². The Bertz CT molecular complexity index is 1280. The van der Waals surface area contributed by atoms with Crippen molar-refractivity contribution in [1.29, 1.82) is 0 Å². The van der Waals surface area contributed by atoms with E-state index in [2.05, 4.69) is 30.2 Å². The SMILES string of the molecule is O=C(CN1CCC[C@H](CNc2nc(-c3c[nH]c4ncc(Cl)cc34)ncc2F)C1)c1cccs1. The van der Waals surface area contributed by atoms with Crippen molar-refractivity contribution in [2.75, 3.05) is 31.5 Å². The minimum atomic E-state index is -0.504. The summed E-state index contributed by atoms with van der Waals surface area (Å²) in [5, 5.41) is 6.36. The van der Waals surface area contributed by atoms with E-state index in [4.69, 9.17) is 11.6 Å². The third-order valence-electron chi connectivity index (χ3n) is 5.81. The number of rotatable bonds is 7. The summed E-state index contributed by atoms with van der Waals surface area (Å²) < 4.78 is 14.5. The highest BCUT2D eigenvalue weighted by Crippen LogP contribution is 2.28. The first kappa shape index (κ1) is 21.9. The van der Waals surface area contributed by atoms with Crippen LogP contribution < -0.4 is 5.32 Å². The fourth-order valence-electron chi connectivity index (χ4n) is 4.20. The number of ketones is 1. The summed E-state index contributed by atoms with van der Waals surface area (Å²) in [5.41, 5.74) is 1.37. The number of carbonyl (C=O) groups excluding carboxylic acids is 1. The number of aromatic amines is 1. The average molecular weight is 485 g/mol. The van der Waals surface area contributed by atoms with Gasteiger partial charge < -0.3 is 10.3 Å². The molecule has 0 amide bonds. The molecule has 170 valence electrons. The molecule has 1 atom stereocenters. The zero-order valence-corrected chi connectivity index (χ0v) is 19.3. The van der Waals surface area contributed by atoms with E-state index < -0.39 is 5.82 Å². The molecule has 10 heteroatoms. The van der Waals surface area contributed by atoms with Crippen LogP contribution in [0.1, 0.15) is 22.5 Å². The van der Waals surface area contributed by atoms with Crippen LogP contribution in [-0.2, 0) is 0 Å². The zero-order valence-electron chi connectivity index (χ0n) is 17.7. The van der Waals surface area contributed by atoms with E-state index in [1.165, 1.54) is 17.5 Å². The Morgan fingerprint density at radius 1 is 1.36 bits per heavy atom. The molecule has 33 heavy (non-hydrogen) atoms. The van der Waals surface area contributed by atoms with Gasteiger partial charge in [-0.3, -0.25) is 9.69 Å². The lowest BCUT2D eigenvalue weighted by Gasteiger charge is -2.32. The quantitative estimate of drug-likeness (QED) is 0.363. The van der Waals surface area contributed by atoms with Crippen molar-refractivity contribution in [1.82, 2.24) is 24.8 Å². The molecule has 0 unspecified atom stereocenters. The number of nitrogens with one attached hydrogen (secondary N) is 2. The lowest BCUT2D eigenvalue weighted by atomic mass is 9.97. The predicted molar refractivity (Wildman–Crippen MR) is 128 cm³/mol. The molecule has 5 heterocycles. The summed E-state index contributed by atoms with van der Waals surface area (Å²) in [7, 11) is 0. The molecular formula is C23H22ClFN6OS. The van der Waals surface area contributed by atoms with E-state index >= 15 is 0 Å². The second-order valence-corrected chi connectivity index (χ2v) is 9.55. The van der Waals surface area contributed by atoms with Crippen molar-refractivity contribution in [3.8, 4) is 11.4 Å². The normalized spacial score (nSPS) is 16.8. The summed E-state index contributed by atoms with van der Waals surface area (Å²) in [6, 6.07) is 5.54. The van der Waals surface area contributed by atoms with Gasteiger partial charge in [0.2, 0.25) is 0 Å². The maximum atomic E-state index is 14.5. The highest BCUT2D eigenvalue weighted by atomic mass is 35.5. The number of thiophene rings is 1. The van der Waals surface area contributed by atoms with Gasteiger partial charge in [0, 0.05) is 36.4 Å². The number of anilines is 1. The van der Waals surface area contributed by atoms with Crippen LogP contribution in [-0.4, -0.2) is 56.8 Å². The number of hydrogen-bond acceptors (Lipinski definition) is 7. The van der Waals surface area contributed by atoms with E-state index in [1.807, 2.05) is 17.5 Å². The van der Waals surface area contributed by atoms with Gasteiger partial charge in [-0.05, 0) is 42.8 Å². The molecule has 5 rings (SSSR count). The van der Waals surface area contributed by atoms with Crippen molar-refractivity contribution in [2.24, 2.45) is 5.92 Å². The first-order valence-corrected chi connectivity index (χ1v) is 12.0. The molecule has 0 spiro atoms. The van der Waals surface area contributed by atoms with Crippen LogP contribution in [0.4, 0.5) is 10.2 Å². The fraction of sp³-hybridized carbons (Fsp3) is 0.304. The second kappa shape index (κ2) is 9.54. The van der Waals surface area contributed by atoms with Gasteiger partial charge in [0.05, 0.1) is 22.6 Å². The number of hydrogen-bond donors (Lipinski definition) is 2. The Labute approximate surface area is 199 Å². The molecule has 0 aliphatic carbocycles. The van der Waals surface area contributed by atoms with E-state index in [0.717, 1.165) is 36.2 Å². The van der Waals surface area contributed by atoms with E-state index in [9.17, 15) is 9.18 Å². The van der Waals surface area contributed by atoms with Gasteiger partial charge in [-0.1, -0.05) is 17.7 Å². The second-order valence-electron chi connectivity index (χ2n) is 8.17. The van der Waals surface area contributed by atoms with E-state index in [0.29, 0.717) is 41.1 Å². The van der Waals surface area contributed by atoms with Gasteiger partial charge in [-0.25, -0.2) is 19.3 Å². The van der Waals surface area contributed by atoms with Crippen LogP contribution in [0.3, 0.4) is 0 Å². The van der Waals surface area contributed by atoms with Gasteiger partial charge in [-0.2, -0.15) is 0 Å². The van der Waals surface area contributed by atoms with Crippen molar-refractivity contribution in [3.05, 3.63) is 57.9 Å². The smallest absolute Gasteiger partial charge is 0.186 e. The van der Waals surface area contributed by atoms with Crippen LogP contribution >= 0.6 is 22.9 Å². The summed E-state index contributed by atoms with van der Waals surface area (Å²) in [6.45, 7) is 2.67. The number of H-pyrrole nitrogens is 1. The molecular weight excluding hydrogens is 463 g/mol. The number of aromatic nitrogens is 4. The Balaban J connectivity index is 1.26. The summed E-state index contributed by atoms with van der Waals surface area (Å²) in [6.07, 6.45) is 6.50. The van der Waals surface area contributed by atoms with E-state index in [1.54, 1.807) is 18.5 Å². The number of Topliss-reactive ketones (excluding diaryl/α,β-unsaturated/α-hetero) is 1. The lowest BCUT2D eigenvalue weighted by Crippen LogP contribution is -2.40. The molecule has 4 aromatic rings. The maximum absolute atomic E-state index is 14.5. The number of fused-ring (bicyclic) bond motifs is 1. The minimum absolute atomic E-state index is 0.151. The van der Waals surface area contributed by atoms with Gasteiger partial charge in [-0.15, -0.1) is 11.3 Å². The van der Waals surface area contributed by atoms with Gasteiger partial charge in [0.15, 0.2) is 23.2 Å². The first-order valence-electron chi connectivity index (χ1n) is 10.8. The molecule has 4 aromatic heterocycles. The summed E-state index contributed by atoms with van der Waals surface area (Å²) in [4.78, 5) is 31.3. The first-order chi connectivity index (χ1) is 16.1. The Hall–Kier alpha value is -2.88. The molecule has 2 N–H and O–H groups in total. The number of pyridine rings is 1. The summed E-state index contributed by atoms with van der Waals surface area (Å²) >= 11 is 7.56. The molecule has 0 radical (unpaired) electrons. The Morgan fingerprint density at radius 2 is 2.27 bits per heavy atom. The number of likely N-dealkylation sites (tertiary alicyclic amines) is 1. The van der Waals surface area contributed by atoms with Crippen LogP contribution in [0.15, 0.2) is 42.2 Å². The van der Waals surface area contributed by atoms with Crippen molar-refractivity contribution < 1.29 is 9.18 Å². The highest BCUT2D eigenvalue weighted by molar-refractivity contribution is 7.12. The predicted octanol–water partition coefficient (Wildman–Crippen LogP) is 4.88. The minimum Gasteiger partial charge on any atom is -0.367 e. The van der Waals surface area contributed by atoms with Crippen LogP contribution in [0, 0.1) is 11.7 Å². The fourth-order valence-corrected chi connectivity index (χ4v) is 5.02. The highest BCUT2D eigenvalue weighted by Gasteiger charge is 2.23. The number of carbonyl (C=O) groups is 1. The number of halogens is 2. The molecule has 1 aliphatic heterocycles. The molecule has 0 bridgehead atoms. The monoisotopic (exact) mass is 484 g/mol. The molecule has 7 nitrogen and oxygen atoms in total. The third-order valence-corrected chi connectivity index (χ3v) is 6.92. The Morgan fingerprint density at radius 3 is 3.12 bits per heavy atom. The summed E-state index contributed by atoms with van der Waals surface area (Å²) in [5.74, 6) is 0.495. The molecule has 0 saturated carbocycles. The van der Waals surface area contributed by atoms with Crippen molar-refractivity contribution in [3.63, 3.8) is 0 Å². The zero-order chi connectivity index (χ0) is 22.8. The number of nitrogens with zero attached hydrogens (tertiary/aromatic N) is 4. The Kier molecular flexibility index (Phi) is 6.34. The maximum Gasteiger partial charge on any atom is 0.186 e. The van der Waals surface area contributed by atoms with Crippen LogP contribution in [0.5, 0.6) is 0 Å². The molecule has 1 fully saturated rings. The topological polar surface area (TPSA) is 86.8 Å². The standard InChI is InChI=1S/C23H22ClFN6OS/c24-15-7-16-17(10-28-21(16)27-9-15)22-29-11-18(25)23(30-22)26-8-14-3-1-5-31(12-14)13-19(32)20-4-2-6-33-20/h2,4,6-7,9-11,14H,1,3,5,8,12-13H2,(H,27,28)(H,26,29,30)/t14-/m1/s1. The average Bonchev–Trinajstić information content (AvgIpc) is 3.49. The van der Waals surface area contributed by atoms with Gasteiger partial charge >= 0.3 is 0 Å². The van der Waals surface area contributed by atoms with E-state index in [-0.39, 0.29) is 11.6 Å². The third kappa shape index (κ3) is 4.90. The van der Waals surface area contributed by atoms with Crippen molar-refractivity contribution in [2.45, 2.75) is 12.8 Å². The largest absolute Gasteiger partial charge is 0.367 e. The number of piperidine rings is 1.